The van der Waals surface area contributed by atoms with Crippen LogP contribution in [0, 0.1) is 0 Å². The van der Waals surface area contributed by atoms with E-state index in [1.165, 1.54) is 0 Å². The van der Waals surface area contributed by atoms with Gasteiger partial charge in [-0.15, -0.1) is 0 Å². The van der Waals surface area contributed by atoms with Crippen LogP contribution in [0.25, 0.3) is 0 Å². The van der Waals surface area contributed by atoms with Gasteiger partial charge in [0.2, 0.25) is 0 Å². The number of rotatable bonds is 7. The molecule has 13 heteroatoms. The minimum atomic E-state index is -4.79. The standard InChI is InChI=1S/C6H13O9P.3K.3H/c7-3(1-5(9)10)6(11)4(8)2-15-16(12,13)14;;;;;;/h3-4,6-8,11H,1-2H2,(H,9,10)(H2,12,13,14);;;;;;/t3-,4+,6+;;;;;;/m0....../s1. The number of aliphatic carboxylic acids is 1. The van der Waals surface area contributed by atoms with E-state index in [2.05, 4.69) is 4.52 Å². The molecular weight excluding hydrogens is 364 g/mol. The Balaban J connectivity index is -0.000000375. The van der Waals surface area contributed by atoms with Crippen LogP contribution in [0.4, 0.5) is 0 Å². The molecule has 0 spiro atoms. The van der Waals surface area contributed by atoms with Crippen LogP contribution >= 0.6 is 7.82 Å². The summed E-state index contributed by atoms with van der Waals surface area (Å²) >= 11 is 0. The predicted molar refractivity (Wildman–Crippen MR) is 69.7 cm³/mol. The van der Waals surface area contributed by atoms with Crippen LogP contribution in [0.3, 0.4) is 0 Å². The summed E-state index contributed by atoms with van der Waals surface area (Å²) < 4.78 is 14.1. The van der Waals surface area contributed by atoms with E-state index in [1.54, 1.807) is 0 Å². The summed E-state index contributed by atoms with van der Waals surface area (Å²) in [4.78, 5) is 26.7. The molecule has 0 saturated heterocycles. The molecule has 0 rings (SSSR count). The third-order valence-electron chi connectivity index (χ3n) is 1.59. The van der Waals surface area contributed by atoms with Crippen LogP contribution in [0.5, 0.6) is 0 Å². The molecule has 0 aliphatic heterocycles. The Labute approximate surface area is 237 Å². The Hall–Kier alpha value is 4.37. The van der Waals surface area contributed by atoms with Crippen molar-refractivity contribution in [2.24, 2.45) is 0 Å². The molecule has 6 N–H and O–H groups in total. The number of phosphoric acid groups is 1. The average molecular weight is 380 g/mol. The Kier molecular flexibility index (Phi) is 26.0. The first-order valence-electron chi connectivity index (χ1n) is 4.09. The van der Waals surface area contributed by atoms with Gasteiger partial charge < -0.3 is 30.2 Å². The second-order valence-electron chi connectivity index (χ2n) is 3.01. The summed E-state index contributed by atoms with van der Waals surface area (Å²) in [6, 6.07) is 0. The van der Waals surface area contributed by atoms with E-state index in [0.29, 0.717) is 0 Å². The monoisotopic (exact) mass is 380 g/mol. The van der Waals surface area contributed by atoms with E-state index < -0.39 is 45.1 Å². The molecule has 0 aliphatic carbocycles. The second kappa shape index (κ2) is 15.9. The summed E-state index contributed by atoms with van der Waals surface area (Å²) in [7, 11) is -4.79. The predicted octanol–water partition coefficient (Wildman–Crippen LogP) is -4.29. The van der Waals surface area contributed by atoms with Crippen molar-refractivity contribution >= 4 is 168 Å². The van der Waals surface area contributed by atoms with Gasteiger partial charge in [0.25, 0.3) is 0 Å². The van der Waals surface area contributed by atoms with Crippen molar-refractivity contribution in [2.45, 2.75) is 24.7 Å². The quantitative estimate of drug-likeness (QED) is 0.189. The van der Waals surface area contributed by atoms with Crippen LogP contribution < -0.4 is 0 Å². The molecule has 0 amide bonds. The van der Waals surface area contributed by atoms with Crippen molar-refractivity contribution in [3.05, 3.63) is 0 Å². The number of carboxylic acid groups (broad SMARTS) is 1. The van der Waals surface area contributed by atoms with Crippen molar-refractivity contribution in [3.63, 3.8) is 0 Å². The SMILES string of the molecule is O=C(O)C[C@H](O)[C@@H](O)[C@H](O)COP(=O)(O)O.[KH].[KH].[KH]. The molecule has 0 heterocycles. The third-order valence-corrected chi connectivity index (χ3v) is 2.07. The number of aliphatic hydroxyl groups is 3. The first-order chi connectivity index (χ1) is 7.13. The van der Waals surface area contributed by atoms with Gasteiger partial charge in [-0.3, -0.25) is 9.32 Å². The number of hydrogen-bond donors (Lipinski definition) is 6. The Bertz CT molecular complexity index is 285. The van der Waals surface area contributed by atoms with E-state index in [0.717, 1.165) is 0 Å². The number of carbonyl (C=O) groups is 1. The normalized spacial score (nSPS) is 15.0. The Morgan fingerprint density at radius 2 is 1.47 bits per heavy atom. The summed E-state index contributed by atoms with van der Waals surface area (Å²) in [5.74, 6) is -1.39. The Morgan fingerprint density at radius 3 is 1.79 bits per heavy atom. The van der Waals surface area contributed by atoms with Gasteiger partial charge in [0.05, 0.1) is 19.1 Å². The van der Waals surface area contributed by atoms with Crippen molar-refractivity contribution in [2.75, 3.05) is 6.61 Å². The van der Waals surface area contributed by atoms with Gasteiger partial charge in [0, 0.05) is 0 Å². The van der Waals surface area contributed by atoms with Crippen LogP contribution in [-0.2, 0) is 13.9 Å². The topological polar surface area (TPSA) is 165 Å². The molecule has 0 aromatic rings. The first kappa shape index (κ1) is 31.2. The number of aliphatic hydroxyl groups excluding tert-OH is 3. The molecule has 19 heavy (non-hydrogen) atoms. The molecule has 0 fully saturated rings. The van der Waals surface area contributed by atoms with Gasteiger partial charge in [-0.2, -0.15) is 0 Å². The second-order valence-corrected chi connectivity index (χ2v) is 4.25. The maximum atomic E-state index is 10.2. The fraction of sp³-hybridized carbons (Fsp3) is 0.833. The van der Waals surface area contributed by atoms with Gasteiger partial charge in [-0.1, -0.05) is 0 Å². The van der Waals surface area contributed by atoms with Crippen molar-refractivity contribution in [1.82, 2.24) is 0 Å². The minimum absolute atomic E-state index is 0. The van der Waals surface area contributed by atoms with Crippen LogP contribution in [0.2, 0.25) is 0 Å². The van der Waals surface area contributed by atoms with Crippen molar-refractivity contribution < 1.29 is 44.1 Å². The van der Waals surface area contributed by atoms with Gasteiger partial charge in [-0.05, 0) is 0 Å². The molecule has 0 aromatic heterocycles. The van der Waals surface area contributed by atoms with Crippen LogP contribution in [0.15, 0.2) is 0 Å². The number of phosphoric ester groups is 1. The summed E-state index contributed by atoms with van der Waals surface area (Å²) in [6.07, 6.45) is -6.24. The molecule has 0 bridgehead atoms. The first-order valence-corrected chi connectivity index (χ1v) is 5.62. The van der Waals surface area contributed by atoms with Crippen molar-refractivity contribution in [3.8, 4) is 0 Å². The molecule has 0 saturated carbocycles. The van der Waals surface area contributed by atoms with Gasteiger partial charge >= 0.3 is 168 Å². The fourth-order valence-corrected chi connectivity index (χ4v) is 1.18. The Morgan fingerprint density at radius 1 is 1.05 bits per heavy atom. The zero-order valence-electron chi connectivity index (χ0n) is 8.00. The van der Waals surface area contributed by atoms with Gasteiger partial charge in [-0.25, -0.2) is 4.57 Å². The van der Waals surface area contributed by atoms with E-state index in [-0.39, 0.29) is 154 Å². The molecule has 9 nitrogen and oxygen atoms in total. The molecule has 3 atom stereocenters. The summed E-state index contributed by atoms with van der Waals surface area (Å²) in [6.45, 7) is -0.928. The van der Waals surface area contributed by atoms with E-state index in [1.807, 2.05) is 0 Å². The molecule has 0 radical (unpaired) electrons. The maximum absolute atomic E-state index is 10.2. The third kappa shape index (κ3) is 18.5. The zero-order valence-corrected chi connectivity index (χ0v) is 8.90. The average Bonchev–Trinajstić information content (AvgIpc) is 2.10. The molecule has 0 aromatic carbocycles. The van der Waals surface area contributed by atoms with E-state index in [4.69, 9.17) is 30.2 Å². The van der Waals surface area contributed by atoms with E-state index in [9.17, 15) is 9.36 Å². The zero-order chi connectivity index (χ0) is 12.9. The fourth-order valence-electron chi connectivity index (χ4n) is 0.828. The summed E-state index contributed by atoms with van der Waals surface area (Å²) in [5.41, 5.74) is 0. The van der Waals surface area contributed by atoms with Crippen LogP contribution in [0.1, 0.15) is 6.42 Å². The van der Waals surface area contributed by atoms with Gasteiger partial charge in [0.15, 0.2) is 0 Å². The molecule has 0 aliphatic rings. The molecular formula is C6H16K3O9P. The molecule has 102 valence electrons. The number of hydrogen-bond acceptors (Lipinski definition) is 6. The van der Waals surface area contributed by atoms with E-state index >= 15 is 0 Å². The summed E-state index contributed by atoms with van der Waals surface area (Å²) in [5, 5.41) is 35.5. The number of carboxylic acids is 1. The van der Waals surface area contributed by atoms with Crippen molar-refractivity contribution in [1.29, 1.82) is 0 Å². The molecule has 0 unspecified atom stereocenters. The van der Waals surface area contributed by atoms with Crippen LogP contribution in [-0.4, -0.2) is 215 Å². The van der Waals surface area contributed by atoms with Gasteiger partial charge in [0.1, 0.15) is 12.2 Å².